The second kappa shape index (κ2) is 7.97. The fraction of sp³-hybridized carbons (Fsp3) is 0.450. The predicted molar refractivity (Wildman–Crippen MR) is 108 cm³/mol. The van der Waals surface area contributed by atoms with Crippen molar-refractivity contribution in [2.45, 2.75) is 31.6 Å². The average Bonchev–Trinajstić information content (AvgIpc) is 2.98. The maximum atomic E-state index is 13.1. The van der Waals surface area contributed by atoms with E-state index in [-0.39, 0.29) is 10.8 Å². The number of carbonyl (C=O) groups is 1. The Labute approximate surface area is 166 Å². The van der Waals surface area contributed by atoms with Crippen molar-refractivity contribution >= 4 is 21.6 Å². The number of sulfonamides is 1. The molecule has 1 aromatic heterocycles. The SMILES string of the molecule is COc1ccc(NC(=O)c2cc(S(=O)(=O)N3CCC(C)CC3)c(C)n2C)cc1. The molecule has 28 heavy (non-hydrogen) atoms. The highest BCUT2D eigenvalue weighted by atomic mass is 32.2. The van der Waals surface area contributed by atoms with E-state index in [0.29, 0.717) is 41.8 Å². The summed E-state index contributed by atoms with van der Waals surface area (Å²) in [5.41, 5.74) is 1.47. The van der Waals surface area contributed by atoms with E-state index in [0.717, 1.165) is 12.8 Å². The summed E-state index contributed by atoms with van der Waals surface area (Å²) in [7, 11) is -0.339. The Balaban J connectivity index is 1.84. The number of nitrogens with zero attached hydrogens (tertiary/aromatic N) is 2. The number of ether oxygens (including phenoxy) is 1. The molecule has 8 heteroatoms. The Hall–Kier alpha value is -2.32. The number of carbonyl (C=O) groups excluding carboxylic acids is 1. The minimum absolute atomic E-state index is 0.199. The van der Waals surface area contributed by atoms with Crippen molar-refractivity contribution in [2.75, 3.05) is 25.5 Å². The number of nitrogens with one attached hydrogen (secondary N) is 1. The number of aromatic nitrogens is 1. The number of anilines is 1. The Morgan fingerprint density at radius 2 is 1.79 bits per heavy atom. The van der Waals surface area contributed by atoms with Crippen molar-refractivity contribution in [1.82, 2.24) is 8.87 Å². The monoisotopic (exact) mass is 405 g/mol. The van der Waals surface area contributed by atoms with E-state index < -0.39 is 10.0 Å². The molecule has 1 aliphatic heterocycles. The Kier molecular flexibility index (Phi) is 5.81. The topological polar surface area (TPSA) is 80.6 Å². The highest BCUT2D eigenvalue weighted by Crippen LogP contribution is 2.27. The van der Waals surface area contributed by atoms with Crippen molar-refractivity contribution < 1.29 is 17.9 Å². The van der Waals surface area contributed by atoms with Crippen LogP contribution in [0, 0.1) is 12.8 Å². The first-order valence-electron chi connectivity index (χ1n) is 9.36. The third-order valence-electron chi connectivity index (χ3n) is 5.43. The molecule has 3 rings (SSSR count). The molecular weight excluding hydrogens is 378 g/mol. The minimum atomic E-state index is -3.62. The third-order valence-corrected chi connectivity index (χ3v) is 7.44. The molecule has 0 aliphatic carbocycles. The van der Waals surface area contributed by atoms with Crippen LogP contribution in [0.15, 0.2) is 35.2 Å². The van der Waals surface area contributed by atoms with Crippen LogP contribution in [0.2, 0.25) is 0 Å². The van der Waals surface area contributed by atoms with Crippen LogP contribution in [0.3, 0.4) is 0 Å². The number of rotatable bonds is 5. The second-order valence-electron chi connectivity index (χ2n) is 7.31. The molecule has 7 nitrogen and oxygen atoms in total. The van der Waals surface area contributed by atoms with Gasteiger partial charge in [0.25, 0.3) is 5.91 Å². The van der Waals surface area contributed by atoms with Gasteiger partial charge in [-0.1, -0.05) is 6.92 Å². The summed E-state index contributed by atoms with van der Waals surface area (Å²) in [4.78, 5) is 12.9. The molecule has 1 amide bonds. The van der Waals surface area contributed by atoms with Gasteiger partial charge in [0, 0.05) is 31.5 Å². The average molecular weight is 406 g/mol. The van der Waals surface area contributed by atoms with E-state index >= 15 is 0 Å². The van der Waals surface area contributed by atoms with Gasteiger partial charge in [0.05, 0.1) is 7.11 Å². The molecule has 0 radical (unpaired) electrons. The zero-order valence-corrected chi connectivity index (χ0v) is 17.5. The van der Waals surface area contributed by atoms with E-state index in [2.05, 4.69) is 12.2 Å². The van der Waals surface area contributed by atoms with Crippen LogP contribution in [0.1, 0.15) is 35.9 Å². The number of methoxy groups -OCH3 is 1. The fourth-order valence-electron chi connectivity index (χ4n) is 3.38. The van der Waals surface area contributed by atoms with Crippen molar-refractivity contribution in [3.63, 3.8) is 0 Å². The Bertz CT molecular complexity index is 956. The highest BCUT2D eigenvalue weighted by Gasteiger charge is 2.32. The van der Waals surface area contributed by atoms with E-state index in [1.807, 2.05) is 0 Å². The summed E-state index contributed by atoms with van der Waals surface area (Å²) >= 11 is 0. The fourth-order valence-corrected chi connectivity index (χ4v) is 5.12. The van der Waals surface area contributed by atoms with Gasteiger partial charge in [-0.25, -0.2) is 8.42 Å². The summed E-state index contributed by atoms with van der Waals surface area (Å²) in [6.07, 6.45) is 1.71. The summed E-state index contributed by atoms with van der Waals surface area (Å²) in [6.45, 7) is 4.90. The van der Waals surface area contributed by atoms with Crippen molar-refractivity contribution in [2.24, 2.45) is 13.0 Å². The summed E-state index contributed by atoms with van der Waals surface area (Å²) in [5, 5.41) is 2.80. The van der Waals surface area contributed by atoms with Crippen LogP contribution in [-0.4, -0.2) is 43.4 Å². The number of benzene rings is 1. The van der Waals surface area contributed by atoms with Gasteiger partial charge in [-0.05, 0) is 56.0 Å². The molecule has 1 N–H and O–H groups in total. The van der Waals surface area contributed by atoms with Crippen LogP contribution in [-0.2, 0) is 17.1 Å². The number of hydrogen-bond acceptors (Lipinski definition) is 4. The summed E-state index contributed by atoms with van der Waals surface area (Å²) in [5.74, 6) is 0.871. The molecular formula is C20H27N3O4S. The van der Waals surface area contributed by atoms with Gasteiger partial charge in [-0.3, -0.25) is 4.79 Å². The van der Waals surface area contributed by atoms with Crippen LogP contribution >= 0.6 is 0 Å². The first-order valence-corrected chi connectivity index (χ1v) is 10.8. The van der Waals surface area contributed by atoms with E-state index in [4.69, 9.17) is 4.74 Å². The molecule has 1 fully saturated rings. The van der Waals surface area contributed by atoms with E-state index in [1.54, 1.807) is 49.9 Å². The molecule has 2 aromatic rings. The molecule has 0 bridgehead atoms. The normalized spacial score (nSPS) is 16.1. The minimum Gasteiger partial charge on any atom is -0.497 e. The Morgan fingerprint density at radius 3 is 2.36 bits per heavy atom. The molecule has 1 aromatic carbocycles. The van der Waals surface area contributed by atoms with Crippen molar-refractivity contribution in [3.8, 4) is 5.75 Å². The van der Waals surface area contributed by atoms with Crippen LogP contribution in [0.4, 0.5) is 5.69 Å². The lowest BCUT2D eigenvalue weighted by atomic mass is 10.0. The standard InChI is InChI=1S/C20H27N3O4S/c1-14-9-11-23(12-10-14)28(25,26)19-13-18(22(3)15(19)2)20(24)21-16-5-7-17(27-4)8-6-16/h5-8,13-14H,9-12H2,1-4H3,(H,21,24). The quantitative estimate of drug-likeness (QED) is 0.829. The molecule has 0 unspecified atom stereocenters. The number of piperidine rings is 1. The van der Waals surface area contributed by atoms with Crippen LogP contribution < -0.4 is 10.1 Å². The first kappa shape index (κ1) is 20.4. The Morgan fingerprint density at radius 1 is 1.18 bits per heavy atom. The third kappa shape index (κ3) is 3.93. The van der Waals surface area contributed by atoms with Crippen LogP contribution in [0.5, 0.6) is 5.75 Å². The van der Waals surface area contributed by atoms with Crippen molar-refractivity contribution in [3.05, 3.63) is 41.7 Å². The lowest BCUT2D eigenvalue weighted by molar-refractivity contribution is 0.101. The second-order valence-corrected chi connectivity index (χ2v) is 9.21. The molecule has 1 aliphatic rings. The maximum Gasteiger partial charge on any atom is 0.272 e. The lowest BCUT2D eigenvalue weighted by Crippen LogP contribution is -2.38. The van der Waals surface area contributed by atoms with Gasteiger partial charge in [-0.2, -0.15) is 4.31 Å². The number of amides is 1. The van der Waals surface area contributed by atoms with Gasteiger partial charge in [0.2, 0.25) is 10.0 Å². The zero-order valence-electron chi connectivity index (χ0n) is 16.7. The number of hydrogen-bond donors (Lipinski definition) is 1. The maximum absolute atomic E-state index is 13.1. The largest absolute Gasteiger partial charge is 0.497 e. The molecule has 2 heterocycles. The van der Waals surface area contributed by atoms with Gasteiger partial charge >= 0.3 is 0 Å². The van der Waals surface area contributed by atoms with E-state index in [9.17, 15) is 13.2 Å². The van der Waals surface area contributed by atoms with Gasteiger partial charge in [0.1, 0.15) is 16.3 Å². The van der Waals surface area contributed by atoms with Gasteiger partial charge < -0.3 is 14.6 Å². The van der Waals surface area contributed by atoms with Gasteiger partial charge in [-0.15, -0.1) is 0 Å². The zero-order chi connectivity index (χ0) is 20.5. The summed E-state index contributed by atoms with van der Waals surface area (Å²) in [6, 6.07) is 8.44. The molecule has 0 spiro atoms. The van der Waals surface area contributed by atoms with E-state index in [1.165, 1.54) is 10.4 Å². The molecule has 0 atom stereocenters. The van der Waals surface area contributed by atoms with Crippen LogP contribution in [0.25, 0.3) is 0 Å². The van der Waals surface area contributed by atoms with Crippen molar-refractivity contribution in [1.29, 1.82) is 0 Å². The first-order chi connectivity index (χ1) is 13.2. The summed E-state index contributed by atoms with van der Waals surface area (Å²) < 4.78 is 34.5. The smallest absolute Gasteiger partial charge is 0.272 e. The lowest BCUT2D eigenvalue weighted by Gasteiger charge is -2.29. The molecule has 0 saturated carbocycles. The highest BCUT2D eigenvalue weighted by molar-refractivity contribution is 7.89. The predicted octanol–water partition coefficient (Wildman–Crippen LogP) is 3.02. The van der Waals surface area contributed by atoms with Gasteiger partial charge in [0.15, 0.2) is 0 Å². The molecule has 1 saturated heterocycles. The molecule has 152 valence electrons.